The molecule has 0 bridgehead atoms. The minimum Gasteiger partial charge on any atom is -0.497 e. The fourth-order valence-electron chi connectivity index (χ4n) is 3.14. The molecule has 1 aliphatic heterocycles. The number of aromatic nitrogens is 3. The summed E-state index contributed by atoms with van der Waals surface area (Å²) in [7, 11) is 3.62. The van der Waals surface area contributed by atoms with E-state index in [-0.39, 0.29) is 0 Å². The molecule has 0 radical (unpaired) electrons. The van der Waals surface area contributed by atoms with Crippen LogP contribution in [0.4, 0.5) is 10.2 Å². The van der Waals surface area contributed by atoms with E-state index in [1.165, 1.54) is 12.7 Å². The minimum absolute atomic E-state index is 0.294. The van der Waals surface area contributed by atoms with E-state index in [1.54, 1.807) is 37.6 Å². The summed E-state index contributed by atoms with van der Waals surface area (Å²) < 4.78 is 25.2. The van der Waals surface area contributed by atoms with Crippen molar-refractivity contribution in [2.24, 2.45) is 0 Å². The largest absolute Gasteiger partial charge is 0.497 e. The second kappa shape index (κ2) is 7.32. The first-order valence-electron chi connectivity index (χ1n) is 8.63. The highest BCUT2D eigenvalue weighted by atomic mass is 19.1. The standard InChI is InChI=1S/C19H20FN5O2/c1-24(7-14-10-27-12-23-14)15-8-25(9-15)19-17(20)18(21-11-22-19)13-3-5-16(26-2)6-4-13/h3-6,10-12,15H,7-9H2,1-2H3. The third kappa shape index (κ3) is 3.48. The predicted octanol–water partition coefficient (Wildman–Crippen LogP) is 2.60. The maximum absolute atomic E-state index is 15.0. The first-order chi connectivity index (χ1) is 13.2. The van der Waals surface area contributed by atoms with Gasteiger partial charge in [-0.2, -0.15) is 0 Å². The summed E-state index contributed by atoms with van der Waals surface area (Å²) in [6.45, 7) is 2.09. The Balaban J connectivity index is 1.46. The predicted molar refractivity (Wildman–Crippen MR) is 97.9 cm³/mol. The van der Waals surface area contributed by atoms with Crippen molar-refractivity contribution in [1.82, 2.24) is 19.9 Å². The van der Waals surface area contributed by atoms with Crippen molar-refractivity contribution in [3.05, 3.63) is 54.8 Å². The Morgan fingerprint density at radius 1 is 1.22 bits per heavy atom. The molecule has 0 spiro atoms. The van der Waals surface area contributed by atoms with Gasteiger partial charge in [0.05, 0.1) is 12.8 Å². The summed E-state index contributed by atoms with van der Waals surface area (Å²) in [6.07, 6.45) is 4.47. The molecule has 2 aromatic heterocycles. The van der Waals surface area contributed by atoms with E-state index < -0.39 is 5.82 Å². The molecular formula is C19H20FN5O2. The maximum atomic E-state index is 15.0. The molecule has 140 valence electrons. The number of ether oxygens (including phenoxy) is 1. The second-order valence-corrected chi connectivity index (χ2v) is 6.54. The van der Waals surface area contributed by atoms with Crippen LogP contribution in [0.5, 0.6) is 5.75 Å². The number of methoxy groups -OCH3 is 1. The van der Waals surface area contributed by atoms with Crippen LogP contribution in [0.3, 0.4) is 0 Å². The van der Waals surface area contributed by atoms with Crippen LogP contribution in [-0.2, 0) is 6.54 Å². The third-order valence-corrected chi connectivity index (χ3v) is 4.81. The molecule has 8 heteroatoms. The van der Waals surface area contributed by atoms with Gasteiger partial charge in [-0.1, -0.05) is 0 Å². The summed E-state index contributed by atoms with van der Waals surface area (Å²) in [5.74, 6) is 0.649. The molecule has 0 saturated carbocycles. The lowest BCUT2D eigenvalue weighted by Crippen LogP contribution is -2.58. The van der Waals surface area contributed by atoms with E-state index >= 15 is 4.39 Å². The van der Waals surface area contributed by atoms with E-state index in [0.717, 1.165) is 5.69 Å². The van der Waals surface area contributed by atoms with Crippen LogP contribution in [0, 0.1) is 5.82 Å². The number of nitrogens with zero attached hydrogens (tertiary/aromatic N) is 5. The Morgan fingerprint density at radius 3 is 2.67 bits per heavy atom. The van der Waals surface area contributed by atoms with Crippen LogP contribution >= 0.6 is 0 Å². The number of benzene rings is 1. The number of likely N-dealkylation sites (N-methyl/N-ethyl adjacent to an activating group) is 1. The summed E-state index contributed by atoms with van der Waals surface area (Å²) in [4.78, 5) is 16.5. The highest BCUT2D eigenvalue weighted by Gasteiger charge is 2.33. The molecule has 0 unspecified atom stereocenters. The van der Waals surface area contributed by atoms with Gasteiger partial charge < -0.3 is 14.1 Å². The molecule has 1 aliphatic rings. The first-order valence-corrected chi connectivity index (χ1v) is 8.63. The normalized spacial score (nSPS) is 14.4. The van der Waals surface area contributed by atoms with Crippen LogP contribution in [0.25, 0.3) is 11.3 Å². The van der Waals surface area contributed by atoms with Crippen molar-refractivity contribution < 1.29 is 13.5 Å². The van der Waals surface area contributed by atoms with Crippen molar-refractivity contribution in [3.8, 4) is 17.0 Å². The molecule has 0 atom stereocenters. The summed E-state index contributed by atoms with van der Waals surface area (Å²) >= 11 is 0. The highest BCUT2D eigenvalue weighted by Crippen LogP contribution is 2.30. The second-order valence-electron chi connectivity index (χ2n) is 6.54. The molecule has 0 N–H and O–H groups in total. The van der Waals surface area contributed by atoms with Crippen LogP contribution in [0.1, 0.15) is 5.69 Å². The van der Waals surface area contributed by atoms with Crippen LogP contribution in [-0.4, -0.2) is 53.1 Å². The number of hydrogen-bond acceptors (Lipinski definition) is 7. The van der Waals surface area contributed by atoms with E-state index in [9.17, 15) is 0 Å². The van der Waals surface area contributed by atoms with E-state index in [4.69, 9.17) is 9.15 Å². The van der Waals surface area contributed by atoms with Crippen molar-refractivity contribution in [1.29, 1.82) is 0 Å². The van der Waals surface area contributed by atoms with Gasteiger partial charge in [0.15, 0.2) is 18.0 Å². The summed E-state index contributed by atoms with van der Waals surface area (Å²) in [5, 5.41) is 0. The Hall–Kier alpha value is -3.00. The molecule has 1 fully saturated rings. The van der Waals surface area contributed by atoms with Gasteiger partial charge in [0.2, 0.25) is 0 Å². The molecule has 7 nitrogen and oxygen atoms in total. The molecule has 1 aromatic carbocycles. The van der Waals surface area contributed by atoms with Gasteiger partial charge in [-0.05, 0) is 31.3 Å². The maximum Gasteiger partial charge on any atom is 0.191 e. The summed E-state index contributed by atoms with van der Waals surface area (Å²) in [6, 6.07) is 7.46. The topological polar surface area (TPSA) is 67.5 Å². The highest BCUT2D eigenvalue weighted by molar-refractivity contribution is 5.65. The van der Waals surface area contributed by atoms with Crippen LogP contribution in [0.15, 0.2) is 47.7 Å². The Morgan fingerprint density at radius 2 is 2.00 bits per heavy atom. The zero-order valence-corrected chi connectivity index (χ0v) is 15.2. The molecule has 27 heavy (non-hydrogen) atoms. The number of anilines is 1. The lowest BCUT2D eigenvalue weighted by molar-refractivity contribution is 0.194. The average molecular weight is 369 g/mol. The van der Waals surface area contributed by atoms with Gasteiger partial charge in [0.25, 0.3) is 0 Å². The van der Waals surface area contributed by atoms with Crippen molar-refractivity contribution in [3.63, 3.8) is 0 Å². The summed E-state index contributed by atoms with van der Waals surface area (Å²) in [5.41, 5.74) is 1.87. The molecule has 4 rings (SSSR count). The van der Waals surface area contributed by atoms with Gasteiger partial charge >= 0.3 is 0 Å². The fourth-order valence-corrected chi connectivity index (χ4v) is 3.14. The van der Waals surface area contributed by atoms with Gasteiger partial charge in [-0.3, -0.25) is 4.90 Å². The average Bonchev–Trinajstić information content (AvgIpc) is 3.15. The molecule has 3 aromatic rings. The van der Waals surface area contributed by atoms with Gasteiger partial charge in [0.1, 0.15) is 24.0 Å². The first kappa shape index (κ1) is 17.4. The zero-order valence-electron chi connectivity index (χ0n) is 15.2. The van der Waals surface area contributed by atoms with E-state index in [0.29, 0.717) is 48.5 Å². The minimum atomic E-state index is -0.403. The molecule has 0 aliphatic carbocycles. The lowest BCUT2D eigenvalue weighted by Gasteiger charge is -2.44. The number of rotatable bonds is 6. The monoisotopic (exact) mass is 369 g/mol. The molecule has 0 amide bonds. The van der Waals surface area contributed by atoms with Gasteiger partial charge in [-0.15, -0.1) is 0 Å². The molecular weight excluding hydrogens is 349 g/mol. The Labute approximate surface area is 156 Å². The van der Waals surface area contributed by atoms with Crippen molar-refractivity contribution in [2.75, 3.05) is 32.1 Å². The van der Waals surface area contributed by atoms with Gasteiger partial charge in [0, 0.05) is 31.2 Å². The SMILES string of the molecule is COc1ccc(-c2ncnc(N3CC(N(C)Cc4cocn4)C3)c2F)cc1. The van der Waals surface area contributed by atoms with E-state index in [2.05, 4.69) is 19.9 Å². The Bertz CT molecular complexity index is 895. The smallest absolute Gasteiger partial charge is 0.191 e. The third-order valence-electron chi connectivity index (χ3n) is 4.81. The van der Waals surface area contributed by atoms with Crippen molar-refractivity contribution in [2.45, 2.75) is 12.6 Å². The fraction of sp³-hybridized carbons (Fsp3) is 0.316. The number of hydrogen-bond donors (Lipinski definition) is 0. The van der Waals surface area contributed by atoms with Crippen molar-refractivity contribution >= 4 is 5.82 Å². The Kier molecular flexibility index (Phi) is 4.72. The number of oxazole rings is 1. The molecule has 1 saturated heterocycles. The van der Waals surface area contributed by atoms with Gasteiger partial charge in [-0.25, -0.2) is 19.3 Å². The zero-order chi connectivity index (χ0) is 18.8. The number of halogens is 1. The van der Waals surface area contributed by atoms with E-state index in [1.807, 2.05) is 11.9 Å². The van der Waals surface area contributed by atoms with Crippen LogP contribution < -0.4 is 9.64 Å². The molecule has 3 heterocycles. The lowest BCUT2D eigenvalue weighted by atomic mass is 10.1. The quantitative estimate of drug-likeness (QED) is 0.662. The van der Waals surface area contributed by atoms with Crippen LogP contribution in [0.2, 0.25) is 0 Å².